The molecule has 2 aromatic rings. The van der Waals surface area contributed by atoms with E-state index >= 15 is 0 Å². The number of anilines is 1. The van der Waals surface area contributed by atoms with Gasteiger partial charge in [-0.25, -0.2) is 4.39 Å². The number of nitrogens with two attached hydrogens (primary N) is 1. The summed E-state index contributed by atoms with van der Waals surface area (Å²) in [5, 5.41) is 0.444. The minimum absolute atomic E-state index is 0.0504. The summed E-state index contributed by atoms with van der Waals surface area (Å²) in [5.41, 5.74) is 6.95. The Balaban J connectivity index is 2.34. The molecule has 0 spiro atoms. The first-order valence-electron chi connectivity index (χ1n) is 5.16. The lowest BCUT2D eigenvalue weighted by Gasteiger charge is -2.10. The van der Waals surface area contributed by atoms with E-state index in [0.29, 0.717) is 22.2 Å². The number of hydrogen-bond acceptors (Lipinski definition) is 2. The molecule has 0 aliphatic rings. The van der Waals surface area contributed by atoms with E-state index in [-0.39, 0.29) is 5.02 Å². The van der Waals surface area contributed by atoms with E-state index in [0.717, 1.165) is 5.56 Å². The van der Waals surface area contributed by atoms with Gasteiger partial charge < -0.3 is 10.5 Å². The Morgan fingerprint density at radius 2 is 1.83 bits per heavy atom. The van der Waals surface area contributed by atoms with Gasteiger partial charge in [-0.15, -0.1) is 0 Å². The molecule has 0 aliphatic heterocycles. The minimum atomic E-state index is -0.534. The molecule has 94 valence electrons. The molecule has 0 radical (unpaired) electrons. The van der Waals surface area contributed by atoms with Crippen LogP contribution in [0.3, 0.4) is 0 Å². The first kappa shape index (κ1) is 13.0. The Hall–Kier alpha value is -1.45. The van der Waals surface area contributed by atoms with Gasteiger partial charge in [0, 0.05) is 12.1 Å². The van der Waals surface area contributed by atoms with Crippen molar-refractivity contribution in [3.05, 3.63) is 51.8 Å². The van der Waals surface area contributed by atoms with Gasteiger partial charge in [-0.1, -0.05) is 23.2 Å². The van der Waals surface area contributed by atoms with Crippen molar-refractivity contribution in [2.75, 3.05) is 5.73 Å². The molecule has 0 heterocycles. The topological polar surface area (TPSA) is 35.2 Å². The second-order valence-corrected chi connectivity index (χ2v) is 4.63. The highest BCUT2D eigenvalue weighted by atomic mass is 35.5. The van der Waals surface area contributed by atoms with Crippen LogP contribution in [-0.4, -0.2) is 0 Å². The van der Waals surface area contributed by atoms with Crippen molar-refractivity contribution in [3.63, 3.8) is 0 Å². The average Bonchev–Trinajstić information content (AvgIpc) is 2.31. The molecule has 2 aromatic carbocycles. The van der Waals surface area contributed by atoms with Crippen molar-refractivity contribution in [1.29, 1.82) is 0 Å². The highest BCUT2D eigenvalue weighted by Gasteiger charge is 2.07. The van der Waals surface area contributed by atoms with Gasteiger partial charge >= 0.3 is 0 Å². The molecule has 0 aromatic heterocycles. The van der Waals surface area contributed by atoms with Gasteiger partial charge in [0.25, 0.3) is 0 Å². The third kappa shape index (κ3) is 2.68. The number of aryl methyl sites for hydroxylation is 1. The monoisotopic (exact) mass is 285 g/mol. The van der Waals surface area contributed by atoms with Crippen molar-refractivity contribution in [2.24, 2.45) is 0 Å². The SMILES string of the molecule is Cc1cc(N)c(Cl)cc1Oc1ccc(Cl)c(F)c1. The van der Waals surface area contributed by atoms with Crippen LogP contribution < -0.4 is 10.5 Å². The Labute approximate surface area is 114 Å². The maximum absolute atomic E-state index is 13.3. The predicted molar refractivity (Wildman–Crippen MR) is 72.1 cm³/mol. The molecule has 0 fully saturated rings. The molecular formula is C13H10Cl2FNO. The molecule has 0 amide bonds. The van der Waals surface area contributed by atoms with Crippen LogP contribution in [0, 0.1) is 12.7 Å². The highest BCUT2D eigenvalue weighted by Crippen LogP contribution is 2.32. The summed E-state index contributed by atoms with van der Waals surface area (Å²) >= 11 is 11.5. The normalized spacial score (nSPS) is 10.4. The Bertz CT molecular complexity index is 602. The largest absolute Gasteiger partial charge is 0.457 e. The predicted octanol–water partition coefficient (Wildman–Crippen LogP) is 4.82. The van der Waals surface area contributed by atoms with E-state index < -0.39 is 5.82 Å². The van der Waals surface area contributed by atoms with E-state index in [1.165, 1.54) is 12.1 Å². The van der Waals surface area contributed by atoms with E-state index in [1.807, 2.05) is 6.92 Å². The van der Waals surface area contributed by atoms with Crippen molar-refractivity contribution in [1.82, 2.24) is 0 Å². The van der Waals surface area contributed by atoms with E-state index in [2.05, 4.69) is 0 Å². The first-order chi connectivity index (χ1) is 8.47. The second kappa shape index (κ2) is 5.04. The molecule has 0 saturated heterocycles. The molecule has 0 atom stereocenters. The van der Waals surface area contributed by atoms with Gasteiger partial charge in [0.15, 0.2) is 0 Å². The van der Waals surface area contributed by atoms with Crippen LogP contribution in [0.1, 0.15) is 5.56 Å². The second-order valence-electron chi connectivity index (χ2n) is 3.82. The lowest BCUT2D eigenvalue weighted by Crippen LogP contribution is -1.92. The van der Waals surface area contributed by atoms with Gasteiger partial charge in [0.05, 0.1) is 15.7 Å². The molecule has 5 heteroatoms. The van der Waals surface area contributed by atoms with Crippen LogP contribution >= 0.6 is 23.2 Å². The lowest BCUT2D eigenvalue weighted by atomic mass is 10.2. The Morgan fingerprint density at radius 3 is 2.50 bits per heavy atom. The van der Waals surface area contributed by atoms with E-state index in [9.17, 15) is 4.39 Å². The lowest BCUT2D eigenvalue weighted by molar-refractivity contribution is 0.473. The van der Waals surface area contributed by atoms with Crippen molar-refractivity contribution >= 4 is 28.9 Å². The van der Waals surface area contributed by atoms with Crippen LogP contribution in [0.2, 0.25) is 10.0 Å². The molecular weight excluding hydrogens is 276 g/mol. The number of nitrogen functional groups attached to an aromatic ring is 1. The van der Waals surface area contributed by atoms with Gasteiger partial charge in [-0.3, -0.25) is 0 Å². The van der Waals surface area contributed by atoms with E-state index in [1.54, 1.807) is 18.2 Å². The summed E-state index contributed by atoms with van der Waals surface area (Å²) < 4.78 is 18.8. The van der Waals surface area contributed by atoms with Gasteiger partial charge in [-0.05, 0) is 30.7 Å². The van der Waals surface area contributed by atoms with Crippen LogP contribution in [0.15, 0.2) is 30.3 Å². The molecule has 0 aliphatic carbocycles. The van der Waals surface area contributed by atoms with Gasteiger partial charge in [0.2, 0.25) is 0 Å². The van der Waals surface area contributed by atoms with Crippen LogP contribution in [-0.2, 0) is 0 Å². The smallest absolute Gasteiger partial charge is 0.145 e. The fourth-order valence-corrected chi connectivity index (χ4v) is 1.73. The number of benzene rings is 2. The molecule has 2 nitrogen and oxygen atoms in total. The van der Waals surface area contributed by atoms with Crippen molar-refractivity contribution in [3.8, 4) is 11.5 Å². The van der Waals surface area contributed by atoms with E-state index in [4.69, 9.17) is 33.7 Å². The zero-order valence-electron chi connectivity index (χ0n) is 9.51. The maximum Gasteiger partial charge on any atom is 0.145 e. The fraction of sp³-hybridized carbons (Fsp3) is 0.0769. The molecule has 2 rings (SSSR count). The summed E-state index contributed by atoms with van der Waals surface area (Å²) in [6, 6.07) is 7.52. The molecule has 0 saturated carbocycles. The zero-order chi connectivity index (χ0) is 13.3. The summed E-state index contributed by atoms with van der Waals surface area (Å²) in [6.07, 6.45) is 0. The maximum atomic E-state index is 13.3. The standard InChI is InChI=1S/C13H10Cl2FNO/c1-7-4-12(17)10(15)6-13(7)18-8-2-3-9(14)11(16)5-8/h2-6H,17H2,1H3. The molecule has 0 unspecified atom stereocenters. The molecule has 2 N–H and O–H groups in total. The number of rotatable bonds is 2. The van der Waals surface area contributed by atoms with Crippen molar-refractivity contribution < 1.29 is 9.13 Å². The first-order valence-corrected chi connectivity index (χ1v) is 5.91. The number of hydrogen-bond donors (Lipinski definition) is 1. The third-order valence-corrected chi connectivity index (χ3v) is 3.05. The number of halogens is 3. The highest BCUT2D eigenvalue weighted by molar-refractivity contribution is 6.33. The third-order valence-electron chi connectivity index (χ3n) is 2.41. The van der Waals surface area contributed by atoms with Crippen LogP contribution in [0.25, 0.3) is 0 Å². The molecule has 0 bridgehead atoms. The fourth-order valence-electron chi connectivity index (χ4n) is 1.46. The van der Waals surface area contributed by atoms with Crippen LogP contribution in [0.5, 0.6) is 11.5 Å². The quantitative estimate of drug-likeness (QED) is 0.803. The summed E-state index contributed by atoms with van der Waals surface area (Å²) in [5.74, 6) is 0.338. The van der Waals surface area contributed by atoms with Crippen molar-refractivity contribution in [2.45, 2.75) is 6.92 Å². The van der Waals surface area contributed by atoms with Gasteiger partial charge in [0.1, 0.15) is 17.3 Å². The van der Waals surface area contributed by atoms with Crippen LogP contribution in [0.4, 0.5) is 10.1 Å². The zero-order valence-corrected chi connectivity index (χ0v) is 11.0. The molecule has 18 heavy (non-hydrogen) atoms. The van der Waals surface area contributed by atoms with Gasteiger partial charge in [-0.2, -0.15) is 0 Å². The summed E-state index contributed by atoms with van der Waals surface area (Å²) in [7, 11) is 0. The summed E-state index contributed by atoms with van der Waals surface area (Å²) in [6.45, 7) is 1.83. The number of ether oxygens (including phenoxy) is 1. The summed E-state index contributed by atoms with van der Waals surface area (Å²) in [4.78, 5) is 0. The Kier molecular flexibility index (Phi) is 3.64. The average molecular weight is 286 g/mol. The minimum Gasteiger partial charge on any atom is -0.457 e. The Morgan fingerprint density at radius 1 is 1.11 bits per heavy atom.